The van der Waals surface area contributed by atoms with Gasteiger partial charge in [0.05, 0.1) is 30.8 Å². The minimum Gasteiger partial charge on any atom is -0.493 e. The number of ether oxygens (including phenoxy) is 4. The standard InChI is InChI=1S/C21H25NO6/c1-25-13-28-17-7-8-21(12-22,10-16(17)20(23)24)15-5-6-18(26-2)19(9-15)27-11-14-3-4-14/h5-6,9,14H,3-4,7-8,10-11,13H2,1-2H3,(H,23,24). The Morgan fingerprint density at radius 1 is 1.29 bits per heavy atom. The van der Waals surface area contributed by atoms with Gasteiger partial charge in [-0.2, -0.15) is 5.26 Å². The molecule has 7 nitrogen and oxygen atoms in total. The molecule has 0 bridgehead atoms. The first-order chi connectivity index (χ1) is 13.5. The fourth-order valence-electron chi connectivity index (χ4n) is 3.44. The van der Waals surface area contributed by atoms with Gasteiger partial charge in [0.15, 0.2) is 18.3 Å². The third-order valence-corrected chi connectivity index (χ3v) is 5.30. The van der Waals surface area contributed by atoms with Crippen LogP contribution in [0.5, 0.6) is 11.5 Å². The molecular weight excluding hydrogens is 362 g/mol. The number of aliphatic carboxylic acids is 1. The Morgan fingerprint density at radius 3 is 2.68 bits per heavy atom. The zero-order valence-electron chi connectivity index (χ0n) is 16.2. The molecule has 2 aliphatic carbocycles. The number of carbonyl (C=O) groups is 1. The van der Waals surface area contributed by atoms with Crippen LogP contribution in [0.25, 0.3) is 0 Å². The van der Waals surface area contributed by atoms with Gasteiger partial charge in [0.2, 0.25) is 0 Å². The maximum atomic E-state index is 11.8. The van der Waals surface area contributed by atoms with Crippen molar-refractivity contribution in [3.05, 3.63) is 35.1 Å². The summed E-state index contributed by atoms with van der Waals surface area (Å²) in [6.45, 7) is 0.599. The van der Waals surface area contributed by atoms with Gasteiger partial charge in [-0.3, -0.25) is 0 Å². The highest BCUT2D eigenvalue weighted by Gasteiger charge is 2.41. The Hall–Kier alpha value is -2.72. The van der Waals surface area contributed by atoms with E-state index in [9.17, 15) is 15.2 Å². The quantitative estimate of drug-likeness (QED) is 0.649. The second-order valence-corrected chi connectivity index (χ2v) is 7.25. The van der Waals surface area contributed by atoms with Gasteiger partial charge in [0.25, 0.3) is 0 Å². The van der Waals surface area contributed by atoms with Crippen LogP contribution < -0.4 is 9.47 Å². The Bertz CT molecular complexity index is 808. The number of hydrogen-bond acceptors (Lipinski definition) is 6. The van der Waals surface area contributed by atoms with Gasteiger partial charge < -0.3 is 24.1 Å². The molecule has 0 aliphatic heterocycles. The van der Waals surface area contributed by atoms with Crippen LogP contribution in [-0.2, 0) is 19.7 Å². The lowest BCUT2D eigenvalue weighted by Gasteiger charge is -2.33. The molecule has 0 amide bonds. The van der Waals surface area contributed by atoms with E-state index in [0.717, 1.165) is 5.56 Å². The van der Waals surface area contributed by atoms with Crippen molar-refractivity contribution in [1.29, 1.82) is 5.26 Å². The van der Waals surface area contributed by atoms with Crippen molar-refractivity contribution in [2.45, 2.75) is 37.5 Å². The molecule has 0 radical (unpaired) electrons. The first kappa shape index (κ1) is 20.0. The molecule has 1 N–H and O–H groups in total. The third-order valence-electron chi connectivity index (χ3n) is 5.30. The molecule has 0 spiro atoms. The number of nitrogens with zero attached hydrogens (tertiary/aromatic N) is 1. The summed E-state index contributed by atoms with van der Waals surface area (Å²) < 4.78 is 21.6. The van der Waals surface area contributed by atoms with E-state index in [1.807, 2.05) is 12.1 Å². The molecule has 1 aromatic rings. The Morgan fingerprint density at radius 2 is 2.07 bits per heavy atom. The lowest BCUT2D eigenvalue weighted by atomic mass is 9.70. The van der Waals surface area contributed by atoms with Crippen molar-refractivity contribution in [1.82, 2.24) is 0 Å². The average molecular weight is 387 g/mol. The molecule has 0 aromatic heterocycles. The minimum atomic E-state index is -1.08. The Kier molecular flexibility index (Phi) is 6.10. The highest BCUT2D eigenvalue weighted by molar-refractivity contribution is 5.88. The molecule has 1 fully saturated rings. The number of rotatable bonds is 9. The summed E-state index contributed by atoms with van der Waals surface area (Å²) in [7, 11) is 3.05. The van der Waals surface area contributed by atoms with Crippen molar-refractivity contribution < 1.29 is 28.8 Å². The van der Waals surface area contributed by atoms with Crippen molar-refractivity contribution in [2.75, 3.05) is 27.6 Å². The Labute approximate surface area is 164 Å². The molecular formula is C21H25NO6. The maximum Gasteiger partial charge on any atom is 0.335 e. The molecule has 7 heteroatoms. The van der Waals surface area contributed by atoms with Crippen LogP contribution in [0, 0.1) is 17.2 Å². The summed E-state index contributed by atoms with van der Waals surface area (Å²) >= 11 is 0. The van der Waals surface area contributed by atoms with Gasteiger partial charge in [-0.1, -0.05) is 6.07 Å². The van der Waals surface area contributed by atoms with E-state index in [0.29, 0.717) is 42.6 Å². The second kappa shape index (κ2) is 8.53. The van der Waals surface area contributed by atoms with Gasteiger partial charge in [0.1, 0.15) is 5.76 Å². The fourth-order valence-corrected chi connectivity index (χ4v) is 3.44. The van der Waals surface area contributed by atoms with Crippen molar-refractivity contribution in [2.24, 2.45) is 5.92 Å². The smallest absolute Gasteiger partial charge is 0.335 e. The van der Waals surface area contributed by atoms with E-state index in [2.05, 4.69) is 6.07 Å². The summed E-state index contributed by atoms with van der Waals surface area (Å²) in [5.41, 5.74) is -0.121. The fraction of sp³-hybridized carbons (Fsp3) is 0.524. The summed E-state index contributed by atoms with van der Waals surface area (Å²) in [6, 6.07) is 7.75. The number of benzene rings is 1. The van der Waals surface area contributed by atoms with Gasteiger partial charge in [-0.25, -0.2) is 4.79 Å². The van der Waals surface area contributed by atoms with E-state index in [1.165, 1.54) is 20.0 Å². The van der Waals surface area contributed by atoms with Crippen LogP contribution in [0.2, 0.25) is 0 Å². The summed E-state index contributed by atoms with van der Waals surface area (Å²) in [5, 5.41) is 19.6. The molecule has 0 saturated heterocycles. The molecule has 28 heavy (non-hydrogen) atoms. The predicted molar refractivity (Wildman–Crippen MR) is 100.0 cm³/mol. The number of carboxylic acid groups (broad SMARTS) is 1. The Balaban J connectivity index is 1.91. The zero-order chi connectivity index (χ0) is 20.1. The van der Waals surface area contributed by atoms with E-state index >= 15 is 0 Å². The van der Waals surface area contributed by atoms with Crippen molar-refractivity contribution in [3.63, 3.8) is 0 Å². The topological polar surface area (TPSA) is 98.0 Å². The van der Waals surface area contributed by atoms with Crippen molar-refractivity contribution in [3.8, 4) is 17.6 Å². The molecule has 2 aliphatic rings. The highest BCUT2D eigenvalue weighted by Crippen LogP contribution is 2.44. The number of hydrogen-bond donors (Lipinski definition) is 1. The number of carboxylic acids is 1. The van der Waals surface area contributed by atoms with E-state index in [1.54, 1.807) is 13.2 Å². The minimum absolute atomic E-state index is 0.0205. The maximum absolute atomic E-state index is 11.8. The summed E-state index contributed by atoms with van der Waals surface area (Å²) in [6.07, 6.45) is 3.20. The number of methoxy groups -OCH3 is 2. The summed E-state index contributed by atoms with van der Waals surface area (Å²) in [4.78, 5) is 11.8. The lowest BCUT2D eigenvalue weighted by Crippen LogP contribution is -2.31. The monoisotopic (exact) mass is 387 g/mol. The predicted octanol–water partition coefficient (Wildman–Crippen LogP) is 3.39. The second-order valence-electron chi connectivity index (χ2n) is 7.25. The molecule has 1 saturated carbocycles. The van der Waals surface area contributed by atoms with Crippen LogP contribution in [0.3, 0.4) is 0 Å². The van der Waals surface area contributed by atoms with Gasteiger partial charge >= 0.3 is 5.97 Å². The molecule has 1 unspecified atom stereocenters. The number of allylic oxidation sites excluding steroid dienone is 1. The first-order valence-corrected chi connectivity index (χ1v) is 9.32. The first-order valence-electron chi connectivity index (χ1n) is 9.32. The van der Waals surface area contributed by atoms with E-state index in [-0.39, 0.29) is 18.8 Å². The van der Waals surface area contributed by atoms with Crippen LogP contribution in [0.4, 0.5) is 0 Å². The SMILES string of the molecule is COCOC1=C(C(=O)O)CC(C#N)(c2ccc(OC)c(OCC3CC3)c2)CC1. The van der Waals surface area contributed by atoms with Crippen LogP contribution in [0.1, 0.15) is 37.7 Å². The average Bonchev–Trinajstić information content (AvgIpc) is 3.54. The molecule has 0 heterocycles. The molecule has 150 valence electrons. The van der Waals surface area contributed by atoms with Crippen LogP contribution in [0.15, 0.2) is 29.5 Å². The molecule has 1 aromatic carbocycles. The van der Waals surface area contributed by atoms with E-state index in [4.69, 9.17) is 18.9 Å². The largest absolute Gasteiger partial charge is 0.493 e. The number of nitriles is 1. The van der Waals surface area contributed by atoms with E-state index < -0.39 is 11.4 Å². The van der Waals surface area contributed by atoms with Gasteiger partial charge in [-0.15, -0.1) is 0 Å². The molecule has 3 rings (SSSR count). The van der Waals surface area contributed by atoms with Gasteiger partial charge in [-0.05, 0) is 42.9 Å². The van der Waals surface area contributed by atoms with Crippen molar-refractivity contribution >= 4 is 5.97 Å². The third kappa shape index (κ3) is 4.23. The van der Waals surface area contributed by atoms with Crippen LogP contribution >= 0.6 is 0 Å². The highest BCUT2D eigenvalue weighted by atomic mass is 16.7. The molecule has 1 atom stereocenters. The lowest BCUT2D eigenvalue weighted by molar-refractivity contribution is -0.133. The van der Waals surface area contributed by atoms with Crippen LogP contribution in [-0.4, -0.2) is 38.7 Å². The normalized spacial score (nSPS) is 21.8. The summed E-state index contributed by atoms with van der Waals surface area (Å²) in [5.74, 6) is 1.06. The zero-order valence-corrected chi connectivity index (χ0v) is 16.2. The van der Waals surface area contributed by atoms with Gasteiger partial charge in [0, 0.05) is 20.0 Å².